The van der Waals surface area contributed by atoms with E-state index in [-0.39, 0.29) is 5.91 Å². The quantitative estimate of drug-likeness (QED) is 0.855. The van der Waals surface area contributed by atoms with E-state index in [0.29, 0.717) is 30.5 Å². The third kappa shape index (κ3) is 2.18. The monoisotopic (exact) mass is 244 g/mol. The van der Waals surface area contributed by atoms with Crippen LogP contribution in [0.25, 0.3) is 0 Å². The summed E-state index contributed by atoms with van der Waals surface area (Å²) in [6.45, 7) is 0. The Kier molecular flexibility index (Phi) is 3.28. The lowest BCUT2D eigenvalue weighted by molar-refractivity contribution is -0.141. The summed E-state index contributed by atoms with van der Waals surface area (Å²) in [7, 11) is 0. The van der Waals surface area contributed by atoms with Gasteiger partial charge in [0, 0.05) is 12.1 Å². The molecule has 2 rings (SSSR count). The van der Waals surface area contributed by atoms with Crippen LogP contribution >= 0.6 is 0 Å². The fraction of sp³-hybridized carbons (Fsp3) is 0.308. The highest BCUT2D eigenvalue weighted by Crippen LogP contribution is 2.26. The largest absolute Gasteiger partial charge is 0.480 e. The number of nitriles is 1. The Hall–Kier alpha value is -2.35. The highest BCUT2D eigenvalue weighted by Gasteiger charge is 2.34. The van der Waals surface area contributed by atoms with Crippen LogP contribution < -0.4 is 4.90 Å². The summed E-state index contributed by atoms with van der Waals surface area (Å²) in [6, 6.07) is 7.61. The predicted octanol–water partition coefficient (Wildman–Crippen LogP) is 1.53. The number of carboxylic acid groups (broad SMARTS) is 1. The summed E-state index contributed by atoms with van der Waals surface area (Å²) in [6.07, 6.45) is 1.38. The van der Waals surface area contributed by atoms with E-state index >= 15 is 0 Å². The lowest BCUT2D eigenvalue weighted by Crippen LogP contribution is -2.48. The van der Waals surface area contributed by atoms with Crippen LogP contribution in [0.5, 0.6) is 0 Å². The number of amides is 1. The molecule has 0 aliphatic carbocycles. The molecule has 5 heteroatoms. The SMILES string of the molecule is N#Cc1cccc(N2C(=O)CCCC2C(=O)O)c1. The second kappa shape index (κ2) is 4.88. The number of nitrogens with zero attached hydrogens (tertiary/aromatic N) is 2. The Bertz CT molecular complexity index is 533. The summed E-state index contributed by atoms with van der Waals surface area (Å²) < 4.78 is 0. The molecule has 1 N–H and O–H groups in total. The second-order valence-electron chi connectivity index (χ2n) is 4.17. The van der Waals surface area contributed by atoms with Gasteiger partial charge in [-0.25, -0.2) is 4.79 Å². The van der Waals surface area contributed by atoms with Crippen molar-refractivity contribution in [3.8, 4) is 6.07 Å². The molecule has 1 heterocycles. The fourth-order valence-electron chi connectivity index (χ4n) is 2.15. The Morgan fingerprint density at radius 2 is 2.28 bits per heavy atom. The molecule has 1 atom stereocenters. The molecule has 1 aliphatic heterocycles. The first-order valence-corrected chi connectivity index (χ1v) is 5.68. The van der Waals surface area contributed by atoms with E-state index in [4.69, 9.17) is 10.4 Å². The van der Waals surface area contributed by atoms with Crippen LogP contribution in [0.1, 0.15) is 24.8 Å². The Labute approximate surface area is 104 Å². The summed E-state index contributed by atoms with van der Waals surface area (Å²) in [5, 5.41) is 18.0. The van der Waals surface area contributed by atoms with Crippen molar-refractivity contribution >= 4 is 17.6 Å². The topological polar surface area (TPSA) is 81.4 Å². The zero-order valence-corrected chi connectivity index (χ0v) is 9.67. The van der Waals surface area contributed by atoms with Crippen LogP contribution in [0.4, 0.5) is 5.69 Å². The summed E-state index contributed by atoms with van der Waals surface area (Å²) in [5.74, 6) is -1.21. The third-order valence-electron chi connectivity index (χ3n) is 2.99. The highest BCUT2D eigenvalue weighted by molar-refractivity contribution is 6.00. The molecule has 0 aromatic heterocycles. The number of hydrogen-bond donors (Lipinski definition) is 1. The first kappa shape index (κ1) is 12.1. The van der Waals surface area contributed by atoms with Crippen molar-refractivity contribution in [2.24, 2.45) is 0 Å². The van der Waals surface area contributed by atoms with Gasteiger partial charge in [0.25, 0.3) is 0 Å². The molecule has 5 nitrogen and oxygen atoms in total. The number of benzene rings is 1. The molecule has 0 bridgehead atoms. The normalized spacial score (nSPS) is 19.4. The average Bonchev–Trinajstić information content (AvgIpc) is 2.38. The zero-order chi connectivity index (χ0) is 13.1. The van der Waals surface area contributed by atoms with Crippen LogP contribution in [0.15, 0.2) is 24.3 Å². The maximum absolute atomic E-state index is 11.9. The number of anilines is 1. The maximum Gasteiger partial charge on any atom is 0.326 e. The second-order valence-corrected chi connectivity index (χ2v) is 4.17. The van der Waals surface area contributed by atoms with Crippen LogP contribution in [0.3, 0.4) is 0 Å². The van der Waals surface area contributed by atoms with Gasteiger partial charge in [-0.05, 0) is 31.0 Å². The van der Waals surface area contributed by atoms with Crippen molar-refractivity contribution in [2.75, 3.05) is 4.90 Å². The van der Waals surface area contributed by atoms with Crippen molar-refractivity contribution < 1.29 is 14.7 Å². The average molecular weight is 244 g/mol. The first-order valence-electron chi connectivity index (χ1n) is 5.68. The van der Waals surface area contributed by atoms with Crippen LogP contribution in [0, 0.1) is 11.3 Å². The third-order valence-corrected chi connectivity index (χ3v) is 2.99. The van der Waals surface area contributed by atoms with E-state index in [1.807, 2.05) is 6.07 Å². The number of piperidine rings is 1. The number of aliphatic carboxylic acids is 1. The zero-order valence-electron chi connectivity index (χ0n) is 9.67. The van der Waals surface area contributed by atoms with E-state index in [9.17, 15) is 9.59 Å². The molecule has 0 saturated carbocycles. The summed E-state index contributed by atoms with van der Waals surface area (Å²) >= 11 is 0. The number of carbonyl (C=O) groups is 2. The minimum atomic E-state index is -1.01. The molecule has 0 spiro atoms. The number of hydrogen-bond acceptors (Lipinski definition) is 3. The molecule has 0 radical (unpaired) electrons. The molecule has 92 valence electrons. The minimum absolute atomic E-state index is 0.205. The van der Waals surface area contributed by atoms with Crippen molar-refractivity contribution in [3.63, 3.8) is 0 Å². The smallest absolute Gasteiger partial charge is 0.326 e. The van der Waals surface area contributed by atoms with Gasteiger partial charge in [-0.15, -0.1) is 0 Å². The van der Waals surface area contributed by atoms with E-state index in [1.54, 1.807) is 24.3 Å². The Morgan fingerprint density at radius 3 is 2.94 bits per heavy atom. The molecule has 1 saturated heterocycles. The van der Waals surface area contributed by atoms with Crippen molar-refractivity contribution in [1.29, 1.82) is 5.26 Å². The fourth-order valence-corrected chi connectivity index (χ4v) is 2.15. The van der Waals surface area contributed by atoms with Crippen molar-refractivity contribution in [3.05, 3.63) is 29.8 Å². The number of rotatable bonds is 2. The highest BCUT2D eigenvalue weighted by atomic mass is 16.4. The van der Waals surface area contributed by atoms with Gasteiger partial charge in [-0.3, -0.25) is 9.69 Å². The van der Waals surface area contributed by atoms with E-state index < -0.39 is 12.0 Å². The Morgan fingerprint density at radius 1 is 1.50 bits per heavy atom. The van der Waals surface area contributed by atoms with E-state index in [0.717, 1.165) is 0 Å². The van der Waals surface area contributed by atoms with Gasteiger partial charge in [-0.2, -0.15) is 5.26 Å². The lowest BCUT2D eigenvalue weighted by Gasteiger charge is -2.32. The number of carbonyl (C=O) groups excluding carboxylic acids is 1. The molecule has 1 aromatic rings. The summed E-state index contributed by atoms with van der Waals surface area (Å²) in [4.78, 5) is 24.4. The lowest BCUT2D eigenvalue weighted by atomic mass is 10.00. The maximum atomic E-state index is 11.9. The summed E-state index contributed by atoms with van der Waals surface area (Å²) in [5.41, 5.74) is 0.890. The van der Waals surface area contributed by atoms with Crippen LogP contribution in [-0.2, 0) is 9.59 Å². The van der Waals surface area contributed by atoms with Gasteiger partial charge in [-0.1, -0.05) is 6.07 Å². The predicted molar refractivity (Wildman–Crippen MR) is 63.9 cm³/mol. The van der Waals surface area contributed by atoms with Gasteiger partial charge in [0.05, 0.1) is 11.6 Å². The standard InChI is InChI=1S/C13H12N2O3/c14-8-9-3-1-4-10(7-9)15-11(13(17)18)5-2-6-12(15)16/h1,3-4,7,11H,2,5-6H2,(H,17,18). The van der Waals surface area contributed by atoms with Gasteiger partial charge >= 0.3 is 5.97 Å². The molecular weight excluding hydrogens is 232 g/mol. The van der Waals surface area contributed by atoms with Crippen molar-refractivity contribution in [1.82, 2.24) is 0 Å². The first-order chi connectivity index (χ1) is 8.63. The van der Waals surface area contributed by atoms with E-state index in [2.05, 4.69) is 0 Å². The number of carboxylic acids is 1. The van der Waals surface area contributed by atoms with Gasteiger partial charge in [0.2, 0.25) is 5.91 Å². The van der Waals surface area contributed by atoms with Gasteiger partial charge in [0.15, 0.2) is 0 Å². The molecule has 1 unspecified atom stereocenters. The molecule has 1 amide bonds. The molecule has 18 heavy (non-hydrogen) atoms. The van der Waals surface area contributed by atoms with Gasteiger partial charge in [0.1, 0.15) is 6.04 Å². The Balaban J connectivity index is 2.40. The van der Waals surface area contributed by atoms with Crippen LogP contribution in [0.2, 0.25) is 0 Å². The molecule has 1 aliphatic rings. The van der Waals surface area contributed by atoms with Gasteiger partial charge < -0.3 is 5.11 Å². The molecule has 1 fully saturated rings. The van der Waals surface area contributed by atoms with Crippen molar-refractivity contribution in [2.45, 2.75) is 25.3 Å². The van der Waals surface area contributed by atoms with Crippen LogP contribution in [-0.4, -0.2) is 23.0 Å². The minimum Gasteiger partial charge on any atom is -0.480 e. The molecular formula is C13H12N2O3. The molecule has 1 aromatic carbocycles. The van der Waals surface area contributed by atoms with E-state index in [1.165, 1.54) is 4.90 Å².